The highest BCUT2D eigenvalue weighted by Gasteiger charge is 2.28. The van der Waals surface area contributed by atoms with Crippen molar-refractivity contribution in [1.29, 1.82) is 0 Å². The Hall–Kier alpha value is -1.44. The average Bonchev–Trinajstić information content (AvgIpc) is 3.12. The zero-order valence-corrected chi connectivity index (χ0v) is 14.9. The third-order valence-corrected chi connectivity index (χ3v) is 6.51. The Morgan fingerprint density at radius 1 is 1.30 bits per heavy atom. The monoisotopic (exact) mass is 369 g/mol. The fourth-order valence-electron chi connectivity index (χ4n) is 2.64. The molecule has 0 atom stereocenters. The number of nitrogens with two attached hydrogens (primary N) is 1. The summed E-state index contributed by atoms with van der Waals surface area (Å²) in [6, 6.07) is 3.74. The first-order chi connectivity index (χ1) is 11.0. The van der Waals surface area contributed by atoms with Gasteiger partial charge in [-0.15, -0.1) is 22.7 Å². The van der Waals surface area contributed by atoms with Crippen LogP contribution in [0.2, 0.25) is 4.34 Å². The lowest BCUT2D eigenvalue weighted by Gasteiger charge is -2.30. The minimum Gasteiger partial charge on any atom is -0.369 e. The minimum absolute atomic E-state index is 0.0168. The fraction of sp³-hybridized carbons (Fsp3) is 0.400. The topological polar surface area (TPSA) is 76.3 Å². The Balaban J connectivity index is 1.76. The van der Waals surface area contributed by atoms with Crippen molar-refractivity contribution in [3.05, 3.63) is 27.0 Å². The molecule has 8 heteroatoms. The molecule has 0 bridgehead atoms. The van der Waals surface area contributed by atoms with E-state index in [0.29, 0.717) is 35.1 Å². The molecule has 2 N–H and O–H groups in total. The zero-order valence-electron chi connectivity index (χ0n) is 12.5. The van der Waals surface area contributed by atoms with Crippen molar-refractivity contribution in [2.75, 3.05) is 13.1 Å². The molecule has 1 saturated heterocycles. The summed E-state index contributed by atoms with van der Waals surface area (Å²) >= 11 is 8.81. The number of hydrogen-bond acceptors (Lipinski definition) is 5. The van der Waals surface area contributed by atoms with Crippen molar-refractivity contribution in [3.63, 3.8) is 0 Å². The van der Waals surface area contributed by atoms with Gasteiger partial charge in [0.25, 0.3) is 5.91 Å². The van der Waals surface area contributed by atoms with E-state index in [1.165, 1.54) is 22.7 Å². The van der Waals surface area contributed by atoms with E-state index in [1.807, 2.05) is 19.1 Å². The van der Waals surface area contributed by atoms with Gasteiger partial charge in [-0.25, -0.2) is 4.98 Å². The fourth-order valence-corrected chi connectivity index (χ4v) is 4.77. The number of aryl methyl sites for hydroxylation is 1. The predicted octanol–water partition coefficient (Wildman–Crippen LogP) is 3.17. The number of thiazole rings is 1. The van der Waals surface area contributed by atoms with Crippen molar-refractivity contribution in [2.24, 2.45) is 11.7 Å². The Morgan fingerprint density at radius 2 is 2.00 bits per heavy atom. The van der Waals surface area contributed by atoms with Crippen LogP contribution in [0.1, 0.15) is 28.2 Å². The van der Waals surface area contributed by atoms with Crippen LogP contribution >= 0.6 is 34.3 Å². The first-order valence-electron chi connectivity index (χ1n) is 7.27. The van der Waals surface area contributed by atoms with Gasteiger partial charge in [-0.2, -0.15) is 0 Å². The molecule has 0 spiro atoms. The summed E-state index contributed by atoms with van der Waals surface area (Å²) in [5.41, 5.74) is 6.07. The van der Waals surface area contributed by atoms with Gasteiger partial charge < -0.3 is 10.6 Å². The van der Waals surface area contributed by atoms with Crippen LogP contribution < -0.4 is 5.73 Å². The van der Waals surface area contributed by atoms with E-state index in [1.54, 1.807) is 4.90 Å². The highest BCUT2D eigenvalue weighted by molar-refractivity contribution is 7.24. The van der Waals surface area contributed by atoms with E-state index in [9.17, 15) is 9.59 Å². The van der Waals surface area contributed by atoms with E-state index in [4.69, 9.17) is 17.3 Å². The van der Waals surface area contributed by atoms with Gasteiger partial charge in [0.15, 0.2) is 0 Å². The van der Waals surface area contributed by atoms with Crippen molar-refractivity contribution < 1.29 is 9.59 Å². The number of carbonyl (C=O) groups excluding carboxylic acids is 2. The summed E-state index contributed by atoms with van der Waals surface area (Å²) in [6.07, 6.45) is 1.26. The SMILES string of the molecule is Cc1nc(-c2ccc(Cl)s2)sc1C(=O)N1CCC(C(N)=O)CC1. The molecule has 0 aliphatic carbocycles. The quantitative estimate of drug-likeness (QED) is 0.902. The van der Waals surface area contributed by atoms with Crippen LogP contribution in [0.5, 0.6) is 0 Å². The zero-order chi connectivity index (χ0) is 16.6. The van der Waals surface area contributed by atoms with Gasteiger partial charge >= 0.3 is 0 Å². The van der Waals surface area contributed by atoms with Crippen LogP contribution in [0.4, 0.5) is 0 Å². The third kappa shape index (κ3) is 3.41. The maximum Gasteiger partial charge on any atom is 0.265 e. The van der Waals surface area contributed by atoms with E-state index in [0.717, 1.165) is 15.6 Å². The number of hydrogen-bond donors (Lipinski definition) is 1. The molecule has 0 aromatic carbocycles. The standard InChI is InChI=1S/C15H16ClN3O2S2/c1-8-12(23-14(18-8)10-2-3-11(16)22-10)15(21)19-6-4-9(5-7-19)13(17)20/h2-3,9H,4-7H2,1H3,(H2,17,20). The molecule has 122 valence electrons. The Bertz CT molecular complexity index is 748. The predicted molar refractivity (Wildman–Crippen MR) is 93.0 cm³/mol. The molecule has 3 rings (SSSR count). The Labute approximate surface area is 147 Å². The van der Waals surface area contributed by atoms with Gasteiger partial charge in [0.2, 0.25) is 5.91 Å². The summed E-state index contributed by atoms with van der Waals surface area (Å²) in [4.78, 5) is 31.8. The number of nitrogens with zero attached hydrogens (tertiary/aromatic N) is 2. The number of likely N-dealkylation sites (tertiary alicyclic amines) is 1. The second-order valence-corrected chi connectivity index (χ2v) is 8.22. The normalized spacial score (nSPS) is 15.8. The van der Waals surface area contributed by atoms with Gasteiger partial charge in [-0.05, 0) is 31.9 Å². The van der Waals surface area contributed by atoms with Crippen LogP contribution in [0.3, 0.4) is 0 Å². The molecule has 1 aliphatic rings. The smallest absolute Gasteiger partial charge is 0.265 e. The largest absolute Gasteiger partial charge is 0.369 e. The summed E-state index contributed by atoms with van der Waals surface area (Å²) in [7, 11) is 0. The molecule has 1 aliphatic heterocycles. The number of piperidine rings is 1. The van der Waals surface area contributed by atoms with E-state index >= 15 is 0 Å². The number of carbonyl (C=O) groups is 2. The van der Waals surface area contributed by atoms with Crippen LogP contribution in [-0.2, 0) is 4.79 Å². The van der Waals surface area contributed by atoms with Crippen LogP contribution in [-0.4, -0.2) is 34.8 Å². The van der Waals surface area contributed by atoms with Gasteiger partial charge in [0, 0.05) is 19.0 Å². The van der Waals surface area contributed by atoms with Crippen molar-refractivity contribution in [2.45, 2.75) is 19.8 Å². The number of aromatic nitrogens is 1. The van der Waals surface area contributed by atoms with E-state index in [-0.39, 0.29) is 17.7 Å². The Kier molecular flexibility index (Phi) is 4.70. The lowest BCUT2D eigenvalue weighted by atomic mass is 9.96. The molecule has 0 unspecified atom stereocenters. The molecule has 1 fully saturated rings. The molecule has 0 saturated carbocycles. The molecule has 2 aromatic rings. The second kappa shape index (κ2) is 6.59. The lowest BCUT2D eigenvalue weighted by Crippen LogP contribution is -2.41. The summed E-state index contributed by atoms with van der Waals surface area (Å²) in [5.74, 6) is -0.412. The van der Waals surface area contributed by atoms with Crippen LogP contribution in [0.15, 0.2) is 12.1 Å². The maximum absolute atomic E-state index is 12.7. The number of rotatable bonds is 3. The van der Waals surface area contributed by atoms with Gasteiger partial charge in [0.1, 0.15) is 9.88 Å². The van der Waals surface area contributed by atoms with Crippen molar-refractivity contribution >= 4 is 46.1 Å². The highest BCUT2D eigenvalue weighted by atomic mass is 35.5. The first-order valence-corrected chi connectivity index (χ1v) is 9.28. The van der Waals surface area contributed by atoms with Crippen molar-refractivity contribution in [3.8, 4) is 9.88 Å². The second-order valence-electron chi connectivity index (χ2n) is 5.51. The van der Waals surface area contributed by atoms with Gasteiger partial charge in [0.05, 0.1) is 14.9 Å². The molecule has 0 radical (unpaired) electrons. The summed E-state index contributed by atoms with van der Waals surface area (Å²) < 4.78 is 0.703. The molecule has 3 heterocycles. The molecular formula is C15H16ClN3O2S2. The minimum atomic E-state index is -0.275. The number of amides is 2. The number of halogens is 1. The van der Waals surface area contributed by atoms with Crippen LogP contribution in [0.25, 0.3) is 9.88 Å². The third-order valence-electron chi connectivity index (χ3n) is 3.96. The molecule has 23 heavy (non-hydrogen) atoms. The summed E-state index contributed by atoms with van der Waals surface area (Å²) in [5, 5.41) is 0.815. The van der Waals surface area contributed by atoms with E-state index < -0.39 is 0 Å². The van der Waals surface area contributed by atoms with Crippen molar-refractivity contribution in [1.82, 2.24) is 9.88 Å². The summed E-state index contributed by atoms with van der Waals surface area (Å²) in [6.45, 7) is 2.96. The molecule has 2 amide bonds. The number of thiophene rings is 1. The average molecular weight is 370 g/mol. The van der Waals surface area contributed by atoms with Gasteiger partial charge in [-0.1, -0.05) is 11.6 Å². The van der Waals surface area contributed by atoms with Crippen LogP contribution in [0, 0.1) is 12.8 Å². The lowest BCUT2D eigenvalue weighted by molar-refractivity contribution is -0.123. The van der Waals surface area contributed by atoms with Gasteiger partial charge in [-0.3, -0.25) is 9.59 Å². The molecule has 2 aromatic heterocycles. The van der Waals surface area contributed by atoms with E-state index in [2.05, 4.69) is 4.98 Å². The maximum atomic E-state index is 12.7. The number of primary amides is 1. The molecule has 5 nitrogen and oxygen atoms in total. The Morgan fingerprint density at radius 3 is 2.57 bits per heavy atom. The first kappa shape index (κ1) is 16.4. The highest BCUT2D eigenvalue weighted by Crippen LogP contribution is 2.35. The molecular weight excluding hydrogens is 354 g/mol.